The smallest absolute Gasteiger partial charge is 0.0800 e. The first-order chi connectivity index (χ1) is 6.15. The normalized spacial score (nSPS) is 12.9. The molecule has 0 heterocycles. The van der Waals surface area contributed by atoms with Gasteiger partial charge in [-0.2, -0.15) is 12.6 Å². The number of rotatable bonds is 3. The summed E-state index contributed by atoms with van der Waals surface area (Å²) in [6, 6.07) is 6.12. The second kappa shape index (κ2) is 4.68. The van der Waals surface area contributed by atoms with E-state index in [4.69, 9.17) is 0 Å². The average Bonchev–Trinajstić information content (AvgIpc) is 2.04. The van der Waals surface area contributed by atoms with Crippen molar-refractivity contribution in [1.82, 2.24) is 0 Å². The summed E-state index contributed by atoms with van der Waals surface area (Å²) < 4.78 is 0. The van der Waals surface area contributed by atoms with Crippen LogP contribution in [0.1, 0.15) is 29.2 Å². The lowest BCUT2D eigenvalue weighted by molar-refractivity contribution is 0.174. The number of thiol groups is 1. The molecule has 1 atom stereocenters. The highest BCUT2D eigenvalue weighted by Gasteiger charge is 2.08. The van der Waals surface area contributed by atoms with E-state index in [-0.39, 0.29) is 6.10 Å². The van der Waals surface area contributed by atoms with Crippen LogP contribution in [0.5, 0.6) is 0 Å². The van der Waals surface area contributed by atoms with Gasteiger partial charge in [0.1, 0.15) is 0 Å². The third-order valence-corrected chi connectivity index (χ3v) is 2.45. The van der Waals surface area contributed by atoms with Gasteiger partial charge in [0.2, 0.25) is 0 Å². The standard InChI is InChI=1S/C11H16OS/c1-8-3-4-10(9(2)7-8)11(12)5-6-13/h3-4,7,11-13H,5-6H2,1-2H3. The van der Waals surface area contributed by atoms with Gasteiger partial charge in [0.25, 0.3) is 0 Å². The van der Waals surface area contributed by atoms with Gasteiger partial charge in [-0.15, -0.1) is 0 Å². The van der Waals surface area contributed by atoms with E-state index in [1.54, 1.807) is 0 Å². The number of aliphatic hydroxyl groups is 1. The molecule has 1 unspecified atom stereocenters. The molecule has 72 valence electrons. The Morgan fingerprint density at radius 2 is 2.08 bits per heavy atom. The zero-order valence-corrected chi connectivity index (χ0v) is 9.01. The third-order valence-electron chi connectivity index (χ3n) is 2.19. The molecule has 1 aromatic carbocycles. The molecular formula is C11H16OS. The van der Waals surface area contributed by atoms with Crippen LogP contribution in [0, 0.1) is 13.8 Å². The maximum absolute atomic E-state index is 9.74. The van der Waals surface area contributed by atoms with E-state index in [0.717, 1.165) is 11.1 Å². The quantitative estimate of drug-likeness (QED) is 0.712. The molecule has 0 aromatic heterocycles. The van der Waals surface area contributed by atoms with Gasteiger partial charge >= 0.3 is 0 Å². The van der Waals surface area contributed by atoms with E-state index in [9.17, 15) is 5.11 Å². The Hall–Kier alpha value is -0.470. The zero-order chi connectivity index (χ0) is 9.84. The fraction of sp³-hybridized carbons (Fsp3) is 0.455. The first-order valence-electron chi connectivity index (χ1n) is 4.51. The summed E-state index contributed by atoms with van der Waals surface area (Å²) in [6.07, 6.45) is 0.352. The molecule has 1 rings (SSSR count). The Bertz CT molecular complexity index is 283. The predicted molar refractivity (Wildman–Crippen MR) is 59.3 cm³/mol. The summed E-state index contributed by atoms with van der Waals surface area (Å²) in [5.41, 5.74) is 3.42. The molecule has 1 N–H and O–H groups in total. The van der Waals surface area contributed by atoms with Gasteiger partial charge in [-0.05, 0) is 37.1 Å². The van der Waals surface area contributed by atoms with Crippen LogP contribution in [0.4, 0.5) is 0 Å². The Morgan fingerprint density at radius 3 is 2.62 bits per heavy atom. The second-order valence-electron chi connectivity index (χ2n) is 3.39. The molecule has 1 nitrogen and oxygen atoms in total. The number of hydrogen-bond acceptors (Lipinski definition) is 2. The number of aliphatic hydroxyl groups excluding tert-OH is 1. The summed E-state index contributed by atoms with van der Waals surface area (Å²) in [5, 5.41) is 9.74. The van der Waals surface area contributed by atoms with Crippen LogP contribution in [0.25, 0.3) is 0 Å². The second-order valence-corrected chi connectivity index (χ2v) is 3.84. The Kier molecular flexibility index (Phi) is 3.82. The molecule has 1 aromatic rings. The van der Waals surface area contributed by atoms with Crippen molar-refractivity contribution in [3.63, 3.8) is 0 Å². The van der Waals surface area contributed by atoms with Crippen molar-refractivity contribution in [2.24, 2.45) is 0 Å². The van der Waals surface area contributed by atoms with E-state index >= 15 is 0 Å². The van der Waals surface area contributed by atoms with Crippen molar-refractivity contribution in [2.75, 3.05) is 5.75 Å². The van der Waals surface area contributed by atoms with Crippen molar-refractivity contribution in [3.8, 4) is 0 Å². The van der Waals surface area contributed by atoms with Crippen LogP contribution in [-0.2, 0) is 0 Å². The molecule has 0 amide bonds. The molecule has 0 aliphatic heterocycles. The van der Waals surface area contributed by atoms with Crippen molar-refractivity contribution in [3.05, 3.63) is 34.9 Å². The third kappa shape index (κ3) is 2.75. The maximum atomic E-state index is 9.74. The van der Waals surface area contributed by atoms with E-state index in [2.05, 4.69) is 25.6 Å². The number of hydrogen-bond donors (Lipinski definition) is 2. The summed E-state index contributed by atoms with van der Waals surface area (Å²) in [4.78, 5) is 0. The Labute approximate surface area is 85.2 Å². The van der Waals surface area contributed by atoms with E-state index < -0.39 is 0 Å². The molecule has 0 aliphatic carbocycles. The summed E-state index contributed by atoms with van der Waals surface area (Å²) in [5.74, 6) is 0.717. The molecule has 0 spiro atoms. The van der Waals surface area contributed by atoms with Crippen LogP contribution in [0.15, 0.2) is 18.2 Å². The predicted octanol–water partition coefficient (Wildman–Crippen LogP) is 2.66. The lowest BCUT2D eigenvalue weighted by Gasteiger charge is -2.12. The van der Waals surface area contributed by atoms with Gasteiger partial charge < -0.3 is 5.11 Å². The van der Waals surface area contributed by atoms with Gasteiger partial charge in [0.05, 0.1) is 6.10 Å². The molecule has 0 saturated carbocycles. The van der Waals surface area contributed by atoms with Crippen molar-refractivity contribution in [1.29, 1.82) is 0 Å². The molecule has 0 fully saturated rings. The highest BCUT2D eigenvalue weighted by molar-refractivity contribution is 7.80. The van der Waals surface area contributed by atoms with Crippen molar-refractivity contribution < 1.29 is 5.11 Å². The summed E-state index contributed by atoms with van der Waals surface area (Å²) in [6.45, 7) is 4.09. The van der Waals surface area contributed by atoms with Crippen LogP contribution < -0.4 is 0 Å². The fourth-order valence-electron chi connectivity index (χ4n) is 1.48. The zero-order valence-electron chi connectivity index (χ0n) is 8.12. The van der Waals surface area contributed by atoms with Gasteiger partial charge in [-0.3, -0.25) is 0 Å². The first-order valence-corrected chi connectivity index (χ1v) is 5.14. The Morgan fingerprint density at radius 1 is 1.38 bits per heavy atom. The lowest BCUT2D eigenvalue weighted by Crippen LogP contribution is -2.00. The molecule has 0 saturated heterocycles. The van der Waals surface area contributed by atoms with E-state index in [1.165, 1.54) is 5.56 Å². The van der Waals surface area contributed by atoms with E-state index in [1.807, 2.05) is 19.1 Å². The minimum absolute atomic E-state index is 0.363. The minimum atomic E-state index is -0.363. The van der Waals surface area contributed by atoms with Crippen LogP contribution in [0.2, 0.25) is 0 Å². The number of aryl methyl sites for hydroxylation is 2. The largest absolute Gasteiger partial charge is 0.388 e. The highest BCUT2D eigenvalue weighted by atomic mass is 32.1. The number of benzene rings is 1. The SMILES string of the molecule is Cc1ccc(C(O)CCS)c(C)c1. The first kappa shape index (κ1) is 10.6. The summed E-state index contributed by atoms with van der Waals surface area (Å²) in [7, 11) is 0. The van der Waals surface area contributed by atoms with Crippen LogP contribution in [-0.4, -0.2) is 10.9 Å². The van der Waals surface area contributed by atoms with Gasteiger partial charge in [0, 0.05) is 0 Å². The molecular weight excluding hydrogens is 180 g/mol. The van der Waals surface area contributed by atoms with Crippen molar-refractivity contribution in [2.45, 2.75) is 26.4 Å². The van der Waals surface area contributed by atoms with Gasteiger partial charge in [-0.25, -0.2) is 0 Å². The van der Waals surface area contributed by atoms with Crippen LogP contribution >= 0.6 is 12.6 Å². The highest BCUT2D eigenvalue weighted by Crippen LogP contribution is 2.21. The van der Waals surface area contributed by atoms with Gasteiger partial charge in [-0.1, -0.05) is 23.8 Å². The molecule has 0 bridgehead atoms. The molecule has 2 heteroatoms. The lowest BCUT2D eigenvalue weighted by atomic mass is 10.00. The molecule has 0 aliphatic rings. The van der Waals surface area contributed by atoms with Crippen molar-refractivity contribution >= 4 is 12.6 Å². The minimum Gasteiger partial charge on any atom is -0.388 e. The maximum Gasteiger partial charge on any atom is 0.0800 e. The molecule has 0 radical (unpaired) electrons. The van der Waals surface area contributed by atoms with Crippen LogP contribution in [0.3, 0.4) is 0 Å². The van der Waals surface area contributed by atoms with Gasteiger partial charge in [0.15, 0.2) is 0 Å². The molecule has 13 heavy (non-hydrogen) atoms. The summed E-state index contributed by atoms with van der Waals surface area (Å²) >= 11 is 4.10. The average molecular weight is 196 g/mol. The topological polar surface area (TPSA) is 20.2 Å². The Balaban J connectivity index is 2.88. The van der Waals surface area contributed by atoms with E-state index in [0.29, 0.717) is 12.2 Å². The monoisotopic (exact) mass is 196 g/mol. The fourth-order valence-corrected chi connectivity index (χ4v) is 1.72.